The van der Waals surface area contributed by atoms with Crippen LogP contribution in [-0.4, -0.2) is 80.2 Å². The van der Waals surface area contributed by atoms with Gasteiger partial charge < -0.3 is 29.7 Å². The van der Waals surface area contributed by atoms with Crippen molar-refractivity contribution in [2.45, 2.75) is 49.6 Å². The van der Waals surface area contributed by atoms with Gasteiger partial charge in [0.1, 0.15) is 24.3 Å². The van der Waals surface area contributed by atoms with Crippen LogP contribution in [0.1, 0.15) is 43.5 Å². The van der Waals surface area contributed by atoms with Gasteiger partial charge in [-0.05, 0) is 62.4 Å². The third-order valence-corrected chi connectivity index (χ3v) is 9.97. The van der Waals surface area contributed by atoms with Crippen LogP contribution in [0.2, 0.25) is 0 Å². The largest absolute Gasteiger partial charge is 0.486 e. The fourth-order valence-corrected chi connectivity index (χ4v) is 7.50. The Kier molecular flexibility index (Phi) is 8.30. The number of ether oxygens (including phenoxy) is 3. The van der Waals surface area contributed by atoms with Gasteiger partial charge >= 0.3 is 0 Å². The predicted octanol–water partition coefficient (Wildman–Crippen LogP) is 4.03. The summed E-state index contributed by atoms with van der Waals surface area (Å²) in [6, 6.07) is 6.46. The quantitative estimate of drug-likeness (QED) is 0.163. The van der Waals surface area contributed by atoms with Crippen molar-refractivity contribution in [3.05, 3.63) is 53.1 Å². The number of aliphatic imine (C=N–C) groups is 2. The minimum absolute atomic E-state index is 0.0534. The van der Waals surface area contributed by atoms with Crippen LogP contribution in [-0.2, 0) is 15.9 Å². The van der Waals surface area contributed by atoms with E-state index in [1.807, 2.05) is 24.5 Å². The van der Waals surface area contributed by atoms with E-state index >= 15 is 0 Å². The van der Waals surface area contributed by atoms with Crippen LogP contribution in [0, 0.1) is 11.3 Å². The first kappa shape index (κ1) is 28.1. The number of pyridine rings is 2. The van der Waals surface area contributed by atoms with Crippen LogP contribution >= 0.6 is 11.8 Å². The number of hydrogen-bond donors (Lipinski definition) is 1. The molecule has 4 aliphatic rings. The van der Waals surface area contributed by atoms with Gasteiger partial charge in [-0.25, -0.2) is 9.98 Å². The van der Waals surface area contributed by atoms with Crippen molar-refractivity contribution >= 4 is 30.1 Å². The smallest absolute Gasteiger partial charge is 0.175 e. The van der Waals surface area contributed by atoms with Crippen LogP contribution in [0.25, 0.3) is 0 Å². The maximum atomic E-state index is 6.73. The molecule has 3 atom stereocenters. The lowest BCUT2D eigenvalue weighted by Crippen LogP contribution is -2.45. The molecule has 3 aliphatic heterocycles. The highest BCUT2D eigenvalue weighted by Gasteiger charge is 2.46. The molecule has 5 heterocycles. The second-order valence-corrected chi connectivity index (χ2v) is 12.5. The van der Waals surface area contributed by atoms with Gasteiger partial charge in [-0.15, -0.1) is 0 Å². The van der Waals surface area contributed by atoms with Crippen molar-refractivity contribution in [2.75, 3.05) is 51.7 Å². The fraction of sp³-hybridized carbons (Fsp3) is 0.533. The van der Waals surface area contributed by atoms with E-state index < -0.39 is 0 Å². The van der Waals surface area contributed by atoms with E-state index in [1.54, 1.807) is 13.3 Å². The molecule has 0 saturated carbocycles. The van der Waals surface area contributed by atoms with Crippen molar-refractivity contribution < 1.29 is 14.2 Å². The van der Waals surface area contributed by atoms with Gasteiger partial charge in [0.2, 0.25) is 0 Å². The molecule has 41 heavy (non-hydrogen) atoms. The maximum Gasteiger partial charge on any atom is 0.175 e. The van der Waals surface area contributed by atoms with Crippen molar-refractivity contribution in [2.24, 2.45) is 27.1 Å². The molecule has 11 heteroatoms. The lowest BCUT2D eigenvalue weighted by Gasteiger charge is -2.42. The van der Waals surface area contributed by atoms with Crippen molar-refractivity contribution in [1.29, 1.82) is 0 Å². The maximum absolute atomic E-state index is 6.73. The molecule has 1 spiro atoms. The third kappa shape index (κ3) is 5.60. The van der Waals surface area contributed by atoms with Gasteiger partial charge in [0.15, 0.2) is 11.6 Å². The van der Waals surface area contributed by atoms with E-state index in [9.17, 15) is 0 Å². The summed E-state index contributed by atoms with van der Waals surface area (Å²) in [7, 11) is 1.64. The topological polar surface area (TPSA) is 111 Å². The lowest BCUT2D eigenvalue weighted by atomic mass is 9.73. The van der Waals surface area contributed by atoms with Crippen LogP contribution < -0.4 is 15.4 Å². The third-order valence-electron chi connectivity index (χ3n) is 8.99. The average molecular weight is 578 g/mol. The van der Waals surface area contributed by atoms with Crippen molar-refractivity contribution in [3.63, 3.8) is 0 Å². The Hall–Kier alpha value is -2.99. The molecule has 6 rings (SSSR count). The summed E-state index contributed by atoms with van der Waals surface area (Å²) in [5, 5.41) is 0.712. The number of amidine groups is 1. The summed E-state index contributed by atoms with van der Waals surface area (Å²) < 4.78 is 16.9. The predicted molar refractivity (Wildman–Crippen MR) is 162 cm³/mol. The van der Waals surface area contributed by atoms with Gasteiger partial charge in [0.05, 0.1) is 23.7 Å². The zero-order valence-electron chi connectivity index (χ0n) is 23.9. The molecule has 0 radical (unpaired) electrons. The molecular weight excluding hydrogens is 538 g/mol. The van der Waals surface area contributed by atoms with Crippen molar-refractivity contribution in [3.8, 4) is 5.75 Å². The normalized spacial score (nSPS) is 25.1. The lowest BCUT2D eigenvalue weighted by molar-refractivity contribution is -0.0414. The molecule has 2 N–H and O–H groups in total. The van der Waals surface area contributed by atoms with Gasteiger partial charge in [0.25, 0.3) is 0 Å². The zero-order chi connectivity index (χ0) is 28.4. The minimum atomic E-state index is 0.0534. The summed E-state index contributed by atoms with van der Waals surface area (Å²) in [5.74, 6) is 3.07. The summed E-state index contributed by atoms with van der Waals surface area (Å²) in [6.07, 6.45) is 9.55. The first-order chi connectivity index (χ1) is 20.0. The standard InChI is InChI=1S/C30H39N7O3S/c1-20(36-11-7-30(8-12-36)14-24-23(28(30)31)5-4-9-33-24)35-15-26(32-2)41-25-6-10-34-29-27(25)40-18-22-13-21(16-37(22)29)17-39-19-38-3/h4-6,9-10,15,21-22,28H,2,7-8,11-14,16-19,31H2,1,3H3/b26-15+,35-20?/t21?,22?,28-/m1/s1. The van der Waals surface area contributed by atoms with Gasteiger partial charge in [-0.2, -0.15) is 0 Å². The molecule has 1 aliphatic carbocycles. The molecule has 10 nitrogen and oxygen atoms in total. The number of aromatic nitrogens is 2. The highest BCUT2D eigenvalue weighted by molar-refractivity contribution is 8.03. The Morgan fingerprint density at radius 2 is 2.15 bits per heavy atom. The molecule has 0 amide bonds. The molecule has 2 saturated heterocycles. The number of methoxy groups -OCH3 is 1. The summed E-state index contributed by atoms with van der Waals surface area (Å²) in [4.78, 5) is 24.0. The number of likely N-dealkylation sites (tertiary alicyclic amines) is 1. The number of fused-ring (bicyclic) bond motifs is 4. The van der Waals surface area contributed by atoms with Crippen molar-refractivity contribution in [1.82, 2.24) is 14.9 Å². The molecule has 218 valence electrons. The SMILES string of the molecule is C=N/C(=C\N=C(C)N1CCC2(CC1)Cc1ncccc1[C@H]2N)Sc1ccnc2c1OCC1CC(COCOC)CN21. The number of anilines is 1. The summed E-state index contributed by atoms with van der Waals surface area (Å²) in [5.41, 5.74) is 9.20. The minimum Gasteiger partial charge on any atom is -0.486 e. The Morgan fingerprint density at radius 1 is 1.29 bits per heavy atom. The zero-order valence-corrected chi connectivity index (χ0v) is 24.7. The summed E-state index contributed by atoms with van der Waals surface area (Å²) in [6.45, 7) is 10.2. The first-order valence-electron chi connectivity index (χ1n) is 14.3. The average Bonchev–Trinajstić information content (AvgIpc) is 3.54. The Balaban J connectivity index is 1.09. The number of nitrogens with two attached hydrogens (primary N) is 1. The van der Waals surface area contributed by atoms with Crippen LogP contribution in [0.15, 0.2) is 56.7 Å². The number of rotatable bonds is 8. The Labute approximate surface area is 246 Å². The molecular formula is C30H39N7O3S. The van der Waals surface area contributed by atoms with Gasteiger partial charge in [-0.3, -0.25) is 9.98 Å². The fourth-order valence-electron chi connectivity index (χ4n) is 6.73. The Morgan fingerprint density at radius 3 is 2.93 bits per heavy atom. The molecule has 2 aromatic rings. The Bertz CT molecular complexity index is 1330. The van der Waals surface area contributed by atoms with Crippen LogP contribution in [0.5, 0.6) is 5.75 Å². The molecule has 2 aromatic heterocycles. The monoisotopic (exact) mass is 577 g/mol. The first-order valence-corrected chi connectivity index (χ1v) is 15.1. The molecule has 2 fully saturated rings. The van der Waals surface area contributed by atoms with Crippen LogP contribution in [0.3, 0.4) is 0 Å². The molecule has 0 aromatic carbocycles. The highest BCUT2D eigenvalue weighted by Crippen LogP contribution is 2.50. The molecule has 0 bridgehead atoms. The van der Waals surface area contributed by atoms with E-state index in [-0.39, 0.29) is 11.5 Å². The van der Waals surface area contributed by atoms with E-state index in [0.717, 1.165) is 67.6 Å². The van der Waals surface area contributed by atoms with E-state index in [1.165, 1.54) is 23.0 Å². The van der Waals surface area contributed by atoms with E-state index in [0.29, 0.717) is 37.0 Å². The highest BCUT2D eigenvalue weighted by atomic mass is 32.2. The second-order valence-electron chi connectivity index (χ2n) is 11.4. The number of piperidine rings is 1. The number of hydrogen-bond acceptors (Lipinski definition) is 10. The summed E-state index contributed by atoms with van der Waals surface area (Å²) >= 11 is 1.50. The van der Waals surface area contributed by atoms with Gasteiger partial charge in [0, 0.05) is 56.8 Å². The number of thioether (sulfide) groups is 1. The number of nitrogens with zero attached hydrogens (tertiary/aromatic N) is 6. The van der Waals surface area contributed by atoms with E-state index in [2.05, 4.69) is 44.5 Å². The van der Waals surface area contributed by atoms with Gasteiger partial charge in [-0.1, -0.05) is 17.8 Å². The van der Waals surface area contributed by atoms with E-state index in [4.69, 9.17) is 24.9 Å². The second kappa shape index (κ2) is 12.1. The molecule has 2 unspecified atom stereocenters. The van der Waals surface area contributed by atoms with Crippen LogP contribution in [0.4, 0.5) is 5.82 Å².